The first kappa shape index (κ1) is 19.3. The number of rotatable bonds is 6. The lowest BCUT2D eigenvalue weighted by Crippen LogP contribution is -2.44. The summed E-state index contributed by atoms with van der Waals surface area (Å²) in [5, 5.41) is 3.00. The Kier molecular flexibility index (Phi) is 5.43. The molecule has 1 unspecified atom stereocenters. The number of hydrogen-bond donors (Lipinski definition) is 1. The van der Waals surface area contributed by atoms with Gasteiger partial charge in [0.2, 0.25) is 0 Å². The molecule has 1 N–H and O–H groups in total. The standard InChI is InChI=1S/C23H26N2O4/c1-2-28-18-10-12-19(13-11-18)29-16-15-25-21(26)23(24-22(25)27)14-6-5-8-17-7-3-4-9-20(17)23/h3-4,7,9-13H,2,5-6,8,14-16H2,1H3,(H,24,27). The molecule has 6 heteroatoms. The molecule has 1 fully saturated rings. The Morgan fingerprint density at radius 1 is 1.00 bits per heavy atom. The van der Waals surface area contributed by atoms with Gasteiger partial charge in [0.25, 0.3) is 5.91 Å². The number of aryl methyl sites for hydroxylation is 1. The predicted octanol–water partition coefficient (Wildman–Crippen LogP) is 3.64. The second-order valence-corrected chi connectivity index (χ2v) is 7.41. The van der Waals surface area contributed by atoms with Crippen molar-refractivity contribution in [3.63, 3.8) is 0 Å². The molecule has 6 nitrogen and oxygen atoms in total. The van der Waals surface area contributed by atoms with E-state index in [1.165, 1.54) is 4.90 Å². The summed E-state index contributed by atoms with van der Waals surface area (Å²) in [4.78, 5) is 27.3. The highest BCUT2D eigenvalue weighted by molar-refractivity contribution is 6.07. The van der Waals surface area contributed by atoms with Crippen molar-refractivity contribution in [3.8, 4) is 11.5 Å². The highest BCUT2D eigenvalue weighted by Gasteiger charge is 2.53. The van der Waals surface area contributed by atoms with Crippen molar-refractivity contribution >= 4 is 11.9 Å². The van der Waals surface area contributed by atoms with Gasteiger partial charge >= 0.3 is 6.03 Å². The quantitative estimate of drug-likeness (QED) is 0.760. The molecule has 3 amide bonds. The first-order valence-corrected chi connectivity index (χ1v) is 10.2. The second-order valence-electron chi connectivity index (χ2n) is 7.41. The molecule has 0 saturated carbocycles. The van der Waals surface area contributed by atoms with E-state index in [9.17, 15) is 9.59 Å². The minimum atomic E-state index is -0.941. The highest BCUT2D eigenvalue weighted by Crippen LogP contribution is 2.38. The van der Waals surface area contributed by atoms with Gasteiger partial charge in [-0.15, -0.1) is 0 Å². The molecule has 2 aliphatic rings. The van der Waals surface area contributed by atoms with Crippen molar-refractivity contribution in [2.75, 3.05) is 19.8 Å². The molecule has 0 aromatic heterocycles. The molecule has 0 bridgehead atoms. The highest BCUT2D eigenvalue weighted by atomic mass is 16.5. The van der Waals surface area contributed by atoms with Crippen LogP contribution in [0.25, 0.3) is 0 Å². The lowest BCUT2D eigenvalue weighted by molar-refractivity contribution is -0.132. The van der Waals surface area contributed by atoms with E-state index in [1.807, 2.05) is 49.4 Å². The summed E-state index contributed by atoms with van der Waals surface area (Å²) in [5.74, 6) is 1.28. The van der Waals surface area contributed by atoms with E-state index in [2.05, 4.69) is 11.4 Å². The molecule has 2 aromatic rings. The third-order valence-corrected chi connectivity index (χ3v) is 5.62. The summed E-state index contributed by atoms with van der Waals surface area (Å²) in [5.41, 5.74) is 1.14. The summed E-state index contributed by atoms with van der Waals surface area (Å²) in [6, 6.07) is 14.9. The lowest BCUT2D eigenvalue weighted by atomic mass is 9.84. The van der Waals surface area contributed by atoms with Crippen molar-refractivity contribution in [2.45, 2.75) is 38.1 Å². The summed E-state index contributed by atoms with van der Waals surface area (Å²) in [7, 11) is 0. The van der Waals surface area contributed by atoms with E-state index in [0.717, 1.165) is 36.1 Å². The third kappa shape index (κ3) is 3.67. The van der Waals surface area contributed by atoms with Gasteiger partial charge in [-0.1, -0.05) is 24.3 Å². The van der Waals surface area contributed by atoms with Crippen LogP contribution >= 0.6 is 0 Å². The van der Waals surface area contributed by atoms with Gasteiger partial charge in [-0.2, -0.15) is 0 Å². The molecule has 1 spiro atoms. The van der Waals surface area contributed by atoms with Crippen LogP contribution in [0.4, 0.5) is 4.79 Å². The maximum Gasteiger partial charge on any atom is 0.325 e. The molecular formula is C23H26N2O4. The van der Waals surface area contributed by atoms with Crippen LogP contribution in [-0.4, -0.2) is 36.6 Å². The van der Waals surface area contributed by atoms with Crippen LogP contribution in [0.15, 0.2) is 48.5 Å². The lowest BCUT2D eigenvalue weighted by Gasteiger charge is -2.27. The van der Waals surface area contributed by atoms with Crippen molar-refractivity contribution in [1.82, 2.24) is 10.2 Å². The molecule has 4 rings (SSSR count). The van der Waals surface area contributed by atoms with Gasteiger partial charge < -0.3 is 14.8 Å². The van der Waals surface area contributed by atoms with Crippen LogP contribution in [0, 0.1) is 0 Å². The zero-order valence-corrected chi connectivity index (χ0v) is 16.6. The number of ether oxygens (including phenoxy) is 2. The van der Waals surface area contributed by atoms with Crippen molar-refractivity contribution in [3.05, 3.63) is 59.7 Å². The zero-order chi connectivity index (χ0) is 20.3. The monoisotopic (exact) mass is 394 g/mol. The van der Waals surface area contributed by atoms with Crippen LogP contribution in [0.2, 0.25) is 0 Å². The van der Waals surface area contributed by atoms with E-state index in [0.29, 0.717) is 18.8 Å². The molecule has 2 aromatic carbocycles. The molecule has 1 aliphatic carbocycles. The summed E-state index contributed by atoms with van der Waals surface area (Å²) in [6.07, 6.45) is 3.48. The Hall–Kier alpha value is -3.02. The number of imide groups is 1. The number of carbonyl (C=O) groups is 2. The van der Waals surface area contributed by atoms with E-state index in [4.69, 9.17) is 9.47 Å². The van der Waals surface area contributed by atoms with E-state index >= 15 is 0 Å². The fourth-order valence-corrected chi connectivity index (χ4v) is 4.23. The van der Waals surface area contributed by atoms with Crippen LogP contribution in [0.3, 0.4) is 0 Å². The number of fused-ring (bicyclic) bond motifs is 2. The fourth-order valence-electron chi connectivity index (χ4n) is 4.23. The van der Waals surface area contributed by atoms with Gasteiger partial charge in [0.05, 0.1) is 13.2 Å². The van der Waals surface area contributed by atoms with Crippen LogP contribution < -0.4 is 14.8 Å². The smallest absolute Gasteiger partial charge is 0.325 e. The Bertz CT molecular complexity index is 896. The molecule has 0 radical (unpaired) electrons. The number of hydrogen-bond acceptors (Lipinski definition) is 4. The van der Waals surface area contributed by atoms with Crippen LogP contribution in [-0.2, 0) is 16.8 Å². The van der Waals surface area contributed by atoms with Gasteiger partial charge in [-0.25, -0.2) is 4.79 Å². The number of benzene rings is 2. The normalized spacial score (nSPS) is 20.9. The largest absolute Gasteiger partial charge is 0.494 e. The number of nitrogens with one attached hydrogen (secondary N) is 1. The second kappa shape index (κ2) is 8.15. The molecule has 1 atom stereocenters. The number of nitrogens with zero attached hydrogens (tertiary/aromatic N) is 1. The minimum absolute atomic E-state index is 0.174. The average Bonchev–Trinajstić information content (AvgIpc) is 2.87. The number of carbonyl (C=O) groups excluding carboxylic acids is 2. The van der Waals surface area contributed by atoms with Crippen molar-refractivity contribution in [2.24, 2.45) is 0 Å². The van der Waals surface area contributed by atoms with E-state index in [-0.39, 0.29) is 25.1 Å². The summed E-state index contributed by atoms with van der Waals surface area (Å²) >= 11 is 0. The Labute approximate surface area is 170 Å². The van der Waals surface area contributed by atoms with Gasteiger partial charge in [0, 0.05) is 0 Å². The third-order valence-electron chi connectivity index (χ3n) is 5.62. The average molecular weight is 394 g/mol. The van der Waals surface area contributed by atoms with Crippen molar-refractivity contribution in [1.29, 1.82) is 0 Å². The SMILES string of the molecule is CCOc1ccc(OCCN2C(=O)NC3(CCCCc4ccccc43)C2=O)cc1. The number of amides is 3. The van der Waals surface area contributed by atoms with Gasteiger partial charge in [-0.3, -0.25) is 9.69 Å². The Morgan fingerprint density at radius 3 is 2.48 bits per heavy atom. The fraction of sp³-hybridized carbons (Fsp3) is 0.391. The summed E-state index contributed by atoms with van der Waals surface area (Å²) in [6.45, 7) is 2.99. The topological polar surface area (TPSA) is 67.9 Å². The zero-order valence-electron chi connectivity index (χ0n) is 16.6. The molecule has 1 aliphatic heterocycles. The molecule has 29 heavy (non-hydrogen) atoms. The van der Waals surface area contributed by atoms with Crippen LogP contribution in [0.5, 0.6) is 11.5 Å². The molecule has 1 heterocycles. The van der Waals surface area contributed by atoms with Gasteiger partial charge in [0.1, 0.15) is 23.6 Å². The van der Waals surface area contributed by atoms with Crippen LogP contribution in [0.1, 0.15) is 37.3 Å². The predicted molar refractivity (Wildman–Crippen MR) is 109 cm³/mol. The first-order chi connectivity index (χ1) is 14.1. The Morgan fingerprint density at radius 2 is 1.72 bits per heavy atom. The summed E-state index contributed by atoms with van der Waals surface area (Å²) < 4.78 is 11.2. The maximum atomic E-state index is 13.3. The van der Waals surface area contributed by atoms with Gasteiger partial charge in [0.15, 0.2) is 0 Å². The molecule has 1 saturated heterocycles. The van der Waals surface area contributed by atoms with E-state index in [1.54, 1.807) is 0 Å². The molecule has 152 valence electrons. The minimum Gasteiger partial charge on any atom is -0.494 e. The first-order valence-electron chi connectivity index (χ1n) is 10.2. The van der Waals surface area contributed by atoms with Gasteiger partial charge in [-0.05, 0) is 68.0 Å². The van der Waals surface area contributed by atoms with E-state index < -0.39 is 5.54 Å². The molecular weight excluding hydrogens is 368 g/mol. The Balaban J connectivity index is 1.45. The maximum absolute atomic E-state index is 13.3. The number of urea groups is 1. The van der Waals surface area contributed by atoms with Crippen molar-refractivity contribution < 1.29 is 19.1 Å².